The maximum Gasteiger partial charge on any atom is 0.392 e. The third-order valence-corrected chi connectivity index (χ3v) is 1.99. The number of rotatable bonds is 7. The molecule has 0 fully saturated rings. The Morgan fingerprint density at radius 1 is 0.929 bits per heavy atom. The average molecular weight is 208 g/mol. The lowest BCUT2D eigenvalue weighted by Crippen LogP contribution is -2.03. The Kier molecular flexibility index (Phi) is 7.63. The van der Waals surface area contributed by atoms with Crippen molar-refractivity contribution in [3.05, 3.63) is 12.2 Å². The van der Waals surface area contributed by atoms with Crippen LogP contribution >= 0.6 is 0 Å². The fraction of sp³-hybridized carbons (Fsp3) is 0.818. The summed E-state index contributed by atoms with van der Waals surface area (Å²) in [5.41, 5.74) is 0. The number of halogens is 3. The molecule has 0 spiro atoms. The number of alkyl halides is 3. The van der Waals surface area contributed by atoms with Gasteiger partial charge in [-0.1, -0.05) is 44.8 Å². The van der Waals surface area contributed by atoms with Gasteiger partial charge in [-0.05, 0) is 12.8 Å². The number of hydrogen-bond donors (Lipinski definition) is 0. The maximum atomic E-state index is 11.7. The van der Waals surface area contributed by atoms with Crippen molar-refractivity contribution in [1.82, 2.24) is 0 Å². The molecule has 0 bridgehead atoms. The summed E-state index contributed by atoms with van der Waals surface area (Å²) < 4.78 is 35.0. The molecule has 0 unspecified atom stereocenters. The van der Waals surface area contributed by atoms with E-state index < -0.39 is 12.6 Å². The molecule has 0 aliphatic carbocycles. The van der Waals surface area contributed by atoms with Gasteiger partial charge in [-0.25, -0.2) is 0 Å². The first-order valence-electron chi connectivity index (χ1n) is 5.28. The van der Waals surface area contributed by atoms with E-state index in [1.165, 1.54) is 25.3 Å². The van der Waals surface area contributed by atoms with Crippen molar-refractivity contribution < 1.29 is 13.2 Å². The van der Waals surface area contributed by atoms with Crippen molar-refractivity contribution >= 4 is 0 Å². The Bertz CT molecular complexity index is 147. The standard InChI is InChI=1S/C11H19F3/c1-2-3-4-5-6-7-8-9-10-11(12,13)14/h8-9H,2-7,10H2,1H3/b9-8+. The Labute approximate surface area is 84.2 Å². The molecule has 0 saturated heterocycles. The van der Waals surface area contributed by atoms with Gasteiger partial charge in [0.15, 0.2) is 0 Å². The predicted octanol–water partition coefficient (Wildman–Crippen LogP) is 4.86. The van der Waals surface area contributed by atoms with Crippen molar-refractivity contribution in [3.63, 3.8) is 0 Å². The number of hydrogen-bond acceptors (Lipinski definition) is 0. The van der Waals surface area contributed by atoms with Gasteiger partial charge >= 0.3 is 6.18 Å². The third kappa shape index (κ3) is 11.5. The largest absolute Gasteiger partial charge is 0.392 e. The number of unbranched alkanes of at least 4 members (excludes halogenated alkanes) is 5. The smallest absolute Gasteiger partial charge is 0.171 e. The molecule has 0 aliphatic rings. The van der Waals surface area contributed by atoms with E-state index in [2.05, 4.69) is 6.92 Å². The van der Waals surface area contributed by atoms with Gasteiger partial charge in [-0.15, -0.1) is 0 Å². The van der Waals surface area contributed by atoms with Gasteiger partial charge in [-0.3, -0.25) is 0 Å². The van der Waals surface area contributed by atoms with E-state index in [4.69, 9.17) is 0 Å². The fourth-order valence-electron chi connectivity index (χ4n) is 1.20. The van der Waals surface area contributed by atoms with Crippen LogP contribution in [-0.4, -0.2) is 6.18 Å². The normalized spacial score (nSPS) is 12.6. The van der Waals surface area contributed by atoms with Crippen LogP contribution in [0.2, 0.25) is 0 Å². The highest BCUT2D eigenvalue weighted by atomic mass is 19.4. The minimum Gasteiger partial charge on any atom is -0.171 e. The first-order valence-corrected chi connectivity index (χ1v) is 5.28. The molecular weight excluding hydrogens is 189 g/mol. The molecule has 0 aromatic heterocycles. The van der Waals surface area contributed by atoms with E-state index in [0.29, 0.717) is 0 Å². The van der Waals surface area contributed by atoms with Gasteiger partial charge in [0.25, 0.3) is 0 Å². The fourth-order valence-corrected chi connectivity index (χ4v) is 1.20. The second kappa shape index (κ2) is 7.89. The lowest BCUT2D eigenvalue weighted by molar-refractivity contribution is -0.125. The topological polar surface area (TPSA) is 0 Å². The summed E-state index contributed by atoms with van der Waals surface area (Å²) in [7, 11) is 0. The maximum absolute atomic E-state index is 11.7. The summed E-state index contributed by atoms with van der Waals surface area (Å²) in [4.78, 5) is 0. The molecule has 14 heavy (non-hydrogen) atoms. The van der Waals surface area contributed by atoms with Gasteiger partial charge in [0.05, 0.1) is 6.42 Å². The van der Waals surface area contributed by atoms with Gasteiger partial charge < -0.3 is 0 Å². The second-order valence-corrected chi connectivity index (χ2v) is 3.49. The highest BCUT2D eigenvalue weighted by molar-refractivity contribution is 4.83. The molecule has 84 valence electrons. The summed E-state index contributed by atoms with van der Waals surface area (Å²) in [6.45, 7) is 2.14. The predicted molar refractivity (Wildman–Crippen MR) is 53.2 cm³/mol. The monoisotopic (exact) mass is 208 g/mol. The van der Waals surface area contributed by atoms with Crippen LogP contribution in [0.5, 0.6) is 0 Å². The number of allylic oxidation sites excluding steroid dienone is 2. The zero-order chi connectivity index (χ0) is 10.9. The summed E-state index contributed by atoms with van der Waals surface area (Å²) in [6.07, 6.45) is 4.57. The van der Waals surface area contributed by atoms with Crippen molar-refractivity contribution in [1.29, 1.82) is 0 Å². The Morgan fingerprint density at radius 2 is 1.57 bits per heavy atom. The van der Waals surface area contributed by atoms with E-state index in [-0.39, 0.29) is 0 Å². The van der Waals surface area contributed by atoms with E-state index >= 15 is 0 Å². The van der Waals surface area contributed by atoms with Crippen LogP contribution in [-0.2, 0) is 0 Å². The van der Waals surface area contributed by atoms with E-state index in [1.807, 2.05) is 0 Å². The van der Waals surface area contributed by atoms with Crippen LogP contribution < -0.4 is 0 Å². The third-order valence-electron chi connectivity index (χ3n) is 1.99. The average Bonchev–Trinajstić information content (AvgIpc) is 2.08. The molecule has 3 heteroatoms. The molecular formula is C11H19F3. The van der Waals surface area contributed by atoms with Crippen molar-refractivity contribution in [3.8, 4) is 0 Å². The quantitative estimate of drug-likeness (QED) is 0.414. The molecule has 0 saturated carbocycles. The SMILES string of the molecule is CCCCCCC/C=C/CC(F)(F)F. The minimum atomic E-state index is -4.04. The molecule has 0 amide bonds. The van der Waals surface area contributed by atoms with Gasteiger partial charge in [0.2, 0.25) is 0 Å². The molecule has 0 rings (SSSR count). The molecule has 0 N–H and O–H groups in total. The van der Waals surface area contributed by atoms with E-state index in [1.54, 1.807) is 6.08 Å². The van der Waals surface area contributed by atoms with Crippen LogP contribution in [0.15, 0.2) is 12.2 Å². The summed E-state index contributed by atoms with van der Waals surface area (Å²) in [5.74, 6) is 0. The lowest BCUT2D eigenvalue weighted by atomic mass is 10.1. The van der Waals surface area contributed by atoms with Crippen LogP contribution in [0.4, 0.5) is 13.2 Å². The first kappa shape index (κ1) is 13.5. The first-order chi connectivity index (χ1) is 6.56. The molecule has 0 heterocycles. The Balaban J connectivity index is 3.19. The van der Waals surface area contributed by atoms with Crippen LogP contribution in [0.25, 0.3) is 0 Å². The van der Waals surface area contributed by atoms with Crippen molar-refractivity contribution in [2.45, 2.75) is 58.0 Å². The van der Waals surface area contributed by atoms with Crippen LogP contribution in [0, 0.1) is 0 Å². The second-order valence-electron chi connectivity index (χ2n) is 3.49. The zero-order valence-corrected chi connectivity index (χ0v) is 8.74. The summed E-state index contributed by atoms with van der Waals surface area (Å²) in [6, 6.07) is 0. The molecule has 0 atom stereocenters. The van der Waals surface area contributed by atoms with Gasteiger partial charge in [0.1, 0.15) is 0 Å². The highest BCUT2D eigenvalue weighted by Crippen LogP contribution is 2.19. The zero-order valence-electron chi connectivity index (χ0n) is 8.74. The van der Waals surface area contributed by atoms with E-state index in [9.17, 15) is 13.2 Å². The Hall–Kier alpha value is -0.470. The molecule has 0 aromatic rings. The van der Waals surface area contributed by atoms with Crippen molar-refractivity contribution in [2.75, 3.05) is 0 Å². The van der Waals surface area contributed by atoms with Gasteiger partial charge in [0, 0.05) is 0 Å². The van der Waals surface area contributed by atoms with E-state index in [0.717, 1.165) is 19.3 Å². The molecule has 0 nitrogen and oxygen atoms in total. The minimum absolute atomic E-state index is 0.778. The molecule has 0 radical (unpaired) electrons. The summed E-state index contributed by atoms with van der Waals surface area (Å²) in [5, 5.41) is 0. The van der Waals surface area contributed by atoms with Crippen LogP contribution in [0.3, 0.4) is 0 Å². The lowest BCUT2D eigenvalue weighted by Gasteiger charge is -2.00. The van der Waals surface area contributed by atoms with Crippen LogP contribution in [0.1, 0.15) is 51.9 Å². The van der Waals surface area contributed by atoms with Crippen molar-refractivity contribution in [2.24, 2.45) is 0 Å². The summed E-state index contributed by atoms with van der Waals surface area (Å²) >= 11 is 0. The highest BCUT2D eigenvalue weighted by Gasteiger charge is 2.24. The van der Waals surface area contributed by atoms with Gasteiger partial charge in [-0.2, -0.15) is 13.2 Å². The molecule has 0 aromatic carbocycles. The Morgan fingerprint density at radius 3 is 2.14 bits per heavy atom. The molecule has 0 aliphatic heterocycles.